The number of likely N-dealkylation sites (N-methyl/N-ethyl adjacent to an activating group) is 1. The van der Waals surface area contributed by atoms with E-state index in [0.717, 1.165) is 29.9 Å². The first-order chi connectivity index (χ1) is 7.19. The molecule has 3 nitrogen and oxygen atoms in total. The number of nitrogens with zero attached hydrogens (tertiary/aromatic N) is 2. The van der Waals surface area contributed by atoms with Gasteiger partial charge in [-0.25, -0.2) is 0 Å². The Morgan fingerprint density at radius 3 is 2.87 bits per heavy atom. The highest BCUT2D eigenvalue weighted by atomic mass is 16.3. The van der Waals surface area contributed by atoms with Crippen LogP contribution in [0.1, 0.15) is 19.4 Å². The predicted octanol–water partition coefficient (Wildman–Crippen LogP) is 1.98. The van der Waals surface area contributed by atoms with Crippen molar-refractivity contribution in [2.45, 2.75) is 20.5 Å². The molecular formula is C12H18N2O. The minimum atomic E-state index is 0.0462. The van der Waals surface area contributed by atoms with Crippen LogP contribution in [0.15, 0.2) is 30.6 Å². The van der Waals surface area contributed by atoms with Gasteiger partial charge in [0.05, 0.1) is 18.5 Å². The Bertz CT molecular complexity index is 336. The molecule has 0 amide bonds. The number of aliphatic hydroxyl groups excluding tert-OH is 1. The number of aliphatic hydroxyl groups is 1. The molecule has 0 spiro atoms. The van der Waals surface area contributed by atoms with Gasteiger partial charge in [-0.1, -0.05) is 12.2 Å². The van der Waals surface area contributed by atoms with Crippen molar-refractivity contribution in [1.29, 1.82) is 0 Å². The van der Waals surface area contributed by atoms with E-state index in [2.05, 4.69) is 23.4 Å². The normalized spacial score (nSPS) is 10.1. The maximum atomic E-state index is 9.22. The molecule has 0 fully saturated rings. The summed E-state index contributed by atoms with van der Waals surface area (Å²) in [4.78, 5) is 6.24. The fourth-order valence-corrected chi connectivity index (χ4v) is 1.53. The minimum Gasteiger partial charge on any atom is -0.392 e. The van der Waals surface area contributed by atoms with Gasteiger partial charge < -0.3 is 10.0 Å². The molecule has 0 radical (unpaired) electrons. The number of aromatic nitrogens is 1. The number of hydrogen-bond donors (Lipinski definition) is 1. The van der Waals surface area contributed by atoms with Crippen molar-refractivity contribution >= 4 is 5.69 Å². The molecule has 1 rings (SSSR count). The molecule has 82 valence electrons. The van der Waals surface area contributed by atoms with E-state index in [4.69, 9.17) is 0 Å². The summed E-state index contributed by atoms with van der Waals surface area (Å²) in [5.74, 6) is 0. The van der Waals surface area contributed by atoms with Gasteiger partial charge in [0.1, 0.15) is 0 Å². The number of anilines is 1. The molecule has 15 heavy (non-hydrogen) atoms. The maximum absolute atomic E-state index is 9.22. The lowest BCUT2D eigenvalue weighted by molar-refractivity contribution is 0.282. The predicted molar refractivity (Wildman–Crippen MR) is 62.9 cm³/mol. The van der Waals surface area contributed by atoms with Gasteiger partial charge in [0.2, 0.25) is 0 Å². The molecule has 0 bridgehead atoms. The van der Waals surface area contributed by atoms with Crippen molar-refractivity contribution in [3.05, 3.63) is 36.2 Å². The van der Waals surface area contributed by atoms with E-state index in [-0.39, 0.29) is 6.61 Å². The molecule has 0 aromatic carbocycles. The van der Waals surface area contributed by atoms with E-state index >= 15 is 0 Å². The van der Waals surface area contributed by atoms with Gasteiger partial charge in [-0.15, -0.1) is 0 Å². The summed E-state index contributed by atoms with van der Waals surface area (Å²) in [7, 11) is 0. The molecule has 0 saturated carbocycles. The Kier molecular flexibility index (Phi) is 4.31. The Hall–Kier alpha value is -1.35. The number of pyridine rings is 1. The Labute approximate surface area is 91.1 Å². The molecule has 0 saturated heterocycles. The van der Waals surface area contributed by atoms with Gasteiger partial charge in [-0.3, -0.25) is 4.98 Å². The van der Waals surface area contributed by atoms with Crippen LogP contribution in [-0.2, 0) is 6.61 Å². The van der Waals surface area contributed by atoms with Crippen LogP contribution in [0.3, 0.4) is 0 Å². The second-order valence-corrected chi connectivity index (χ2v) is 3.63. The van der Waals surface area contributed by atoms with Crippen LogP contribution in [0.4, 0.5) is 5.69 Å². The first-order valence-electron chi connectivity index (χ1n) is 5.12. The molecule has 1 heterocycles. The van der Waals surface area contributed by atoms with E-state index in [9.17, 15) is 5.11 Å². The second kappa shape index (κ2) is 5.51. The van der Waals surface area contributed by atoms with Crippen molar-refractivity contribution in [2.24, 2.45) is 0 Å². The van der Waals surface area contributed by atoms with Crippen LogP contribution in [0.25, 0.3) is 0 Å². The molecular weight excluding hydrogens is 188 g/mol. The Balaban J connectivity index is 2.95. The Morgan fingerprint density at radius 1 is 1.60 bits per heavy atom. The van der Waals surface area contributed by atoms with Crippen molar-refractivity contribution in [3.8, 4) is 0 Å². The summed E-state index contributed by atoms with van der Waals surface area (Å²) < 4.78 is 0. The maximum Gasteiger partial charge on any atom is 0.0703 e. The quantitative estimate of drug-likeness (QED) is 0.748. The SMILES string of the molecule is C=C(C)CN(CC)c1cnccc1CO. The molecule has 0 aliphatic carbocycles. The molecule has 0 atom stereocenters. The molecule has 1 aromatic rings. The zero-order chi connectivity index (χ0) is 11.3. The summed E-state index contributed by atoms with van der Waals surface area (Å²) in [5, 5.41) is 9.22. The van der Waals surface area contributed by atoms with Gasteiger partial charge >= 0.3 is 0 Å². The topological polar surface area (TPSA) is 36.4 Å². The van der Waals surface area contributed by atoms with Gasteiger partial charge in [0.25, 0.3) is 0 Å². The minimum absolute atomic E-state index is 0.0462. The standard InChI is InChI=1S/C12H18N2O/c1-4-14(8-10(2)3)12-7-13-6-5-11(12)9-15/h5-7,15H,2,4,8-9H2,1,3H3. The van der Waals surface area contributed by atoms with E-state index in [1.165, 1.54) is 0 Å². The smallest absolute Gasteiger partial charge is 0.0703 e. The average Bonchev–Trinajstić information content (AvgIpc) is 2.25. The highest BCUT2D eigenvalue weighted by Gasteiger charge is 2.08. The van der Waals surface area contributed by atoms with Crippen LogP contribution < -0.4 is 4.90 Å². The van der Waals surface area contributed by atoms with Crippen LogP contribution >= 0.6 is 0 Å². The van der Waals surface area contributed by atoms with Gasteiger partial charge in [0, 0.05) is 24.8 Å². The lowest BCUT2D eigenvalue weighted by Crippen LogP contribution is -2.25. The van der Waals surface area contributed by atoms with E-state index < -0.39 is 0 Å². The molecule has 3 heteroatoms. The van der Waals surface area contributed by atoms with Crippen LogP contribution in [-0.4, -0.2) is 23.2 Å². The van der Waals surface area contributed by atoms with E-state index in [1.807, 2.05) is 13.0 Å². The first kappa shape index (κ1) is 11.7. The van der Waals surface area contributed by atoms with Crippen LogP contribution in [0.2, 0.25) is 0 Å². The molecule has 0 aliphatic rings. The fourth-order valence-electron chi connectivity index (χ4n) is 1.53. The third-order valence-electron chi connectivity index (χ3n) is 2.24. The zero-order valence-corrected chi connectivity index (χ0v) is 9.40. The Morgan fingerprint density at radius 2 is 2.33 bits per heavy atom. The third-order valence-corrected chi connectivity index (χ3v) is 2.24. The van der Waals surface area contributed by atoms with Gasteiger partial charge in [0.15, 0.2) is 0 Å². The van der Waals surface area contributed by atoms with E-state index in [1.54, 1.807) is 12.4 Å². The summed E-state index contributed by atoms with van der Waals surface area (Å²) in [6, 6.07) is 1.84. The summed E-state index contributed by atoms with van der Waals surface area (Å²) in [6.45, 7) is 9.70. The molecule has 1 N–H and O–H groups in total. The fraction of sp³-hybridized carbons (Fsp3) is 0.417. The highest BCUT2D eigenvalue weighted by Crippen LogP contribution is 2.19. The average molecular weight is 206 g/mol. The molecule has 0 unspecified atom stereocenters. The van der Waals surface area contributed by atoms with Gasteiger partial charge in [-0.05, 0) is 19.9 Å². The third kappa shape index (κ3) is 3.06. The number of rotatable bonds is 5. The summed E-state index contributed by atoms with van der Waals surface area (Å²) in [5.41, 5.74) is 3.00. The summed E-state index contributed by atoms with van der Waals surface area (Å²) >= 11 is 0. The van der Waals surface area contributed by atoms with Gasteiger partial charge in [-0.2, -0.15) is 0 Å². The molecule has 0 aliphatic heterocycles. The van der Waals surface area contributed by atoms with Crippen molar-refractivity contribution in [1.82, 2.24) is 4.98 Å². The lowest BCUT2D eigenvalue weighted by Gasteiger charge is -2.24. The monoisotopic (exact) mass is 206 g/mol. The van der Waals surface area contributed by atoms with Crippen molar-refractivity contribution in [3.63, 3.8) is 0 Å². The van der Waals surface area contributed by atoms with Crippen molar-refractivity contribution in [2.75, 3.05) is 18.0 Å². The summed E-state index contributed by atoms with van der Waals surface area (Å²) in [6.07, 6.45) is 3.49. The van der Waals surface area contributed by atoms with E-state index in [0.29, 0.717) is 0 Å². The van der Waals surface area contributed by atoms with Crippen molar-refractivity contribution < 1.29 is 5.11 Å². The van der Waals surface area contributed by atoms with Crippen LogP contribution in [0, 0.1) is 0 Å². The largest absolute Gasteiger partial charge is 0.392 e. The second-order valence-electron chi connectivity index (χ2n) is 3.63. The lowest BCUT2D eigenvalue weighted by atomic mass is 10.2. The highest BCUT2D eigenvalue weighted by molar-refractivity contribution is 5.52. The molecule has 1 aromatic heterocycles. The van der Waals surface area contributed by atoms with Crippen LogP contribution in [0.5, 0.6) is 0 Å². The zero-order valence-electron chi connectivity index (χ0n) is 9.40. The number of hydrogen-bond acceptors (Lipinski definition) is 3. The first-order valence-corrected chi connectivity index (χ1v) is 5.12.